The molecule has 2 aromatic rings. The molecular weight excluding hydrogens is 242 g/mol. The van der Waals surface area contributed by atoms with Crippen LogP contribution in [0.1, 0.15) is 6.42 Å². The largest absolute Gasteiger partial charge is 0.479 e. The Kier molecular flexibility index (Phi) is 3.09. The fourth-order valence-corrected chi connectivity index (χ4v) is 1.59. The van der Waals surface area contributed by atoms with Crippen molar-refractivity contribution in [3.05, 3.63) is 30.3 Å². The average Bonchev–Trinajstić information content (AvgIpc) is 2.60. The average molecular weight is 254 g/mol. The number of ether oxygens (including phenoxy) is 1. The fraction of sp³-hybridized carbons (Fsp3) is 0.273. The van der Waals surface area contributed by atoms with Crippen molar-refractivity contribution in [3.63, 3.8) is 0 Å². The number of benzene rings is 1. The van der Waals surface area contributed by atoms with Crippen molar-refractivity contribution < 1.29 is 4.74 Å². The highest BCUT2D eigenvalue weighted by Gasteiger charge is 1.99. The van der Waals surface area contributed by atoms with Gasteiger partial charge in [-0.3, -0.25) is 0 Å². The zero-order chi connectivity index (χ0) is 9.80. The standard InChI is InChI=1S/C11H12BrNO/c12-6-3-7-14-11-8-9-4-1-2-5-10(9)13-11/h1-2,4-5,8,13H,3,6-7H2. The van der Waals surface area contributed by atoms with Gasteiger partial charge >= 0.3 is 0 Å². The van der Waals surface area contributed by atoms with Crippen LogP contribution in [0.4, 0.5) is 0 Å². The number of aromatic nitrogens is 1. The summed E-state index contributed by atoms with van der Waals surface area (Å²) < 4.78 is 5.55. The number of fused-ring (bicyclic) bond motifs is 1. The van der Waals surface area contributed by atoms with Gasteiger partial charge in [-0.2, -0.15) is 0 Å². The maximum absolute atomic E-state index is 5.55. The van der Waals surface area contributed by atoms with Crippen LogP contribution < -0.4 is 4.74 Å². The van der Waals surface area contributed by atoms with Crippen LogP contribution in [0.3, 0.4) is 0 Å². The number of para-hydroxylation sites is 1. The van der Waals surface area contributed by atoms with Gasteiger partial charge in [-0.25, -0.2) is 0 Å². The first-order chi connectivity index (χ1) is 6.90. The van der Waals surface area contributed by atoms with Crippen LogP contribution in [0.5, 0.6) is 5.88 Å². The maximum atomic E-state index is 5.55. The van der Waals surface area contributed by atoms with Gasteiger partial charge in [0.25, 0.3) is 0 Å². The Hall–Kier alpha value is -0.960. The number of nitrogens with one attached hydrogen (secondary N) is 1. The molecule has 0 radical (unpaired) electrons. The molecule has 0 spiro atoms. The van der Waals surface area contributed by atoms with Crippen LogP contribution in [0, 0.1) is 0 Å². The molecule has 1 N–H and O–H groups in total. The maximum Gasteiger partial charge on any atom is 0.191 e. The fourth-order valence-electron chi connectivity index (χ4n) is 1.36. The smallest absolute Gasteiger partial charge is 0.191 e. The SMILES string of the molecule is BrCCCOc1cc2ccccc2[nH]1. The normalized spacial score (nSPS) is 10.6. The van der Waals surface area contributed by atoms with Crippen molar-refractivity contribution >= 4 is 26.8 Å². The summed E-state index contributed by atoms with van der Waals surface area (Å²) in [5.41, 5.74) is 1.13. The van der Waals surface area contributed by atoms with Gasteiger partial charge in [-0.15, -0.1) is 0 Å². The van der Waals surface area contributed by atoms with Gasteiger partial charge < -0.3 is 9.72 Å². The predicted molar refractivity (Wildman–Crippen MR) is 62.2 cm³/mol. The number of hydrogen-bond acceptors (Lipinski definition) is 1. The lowest BCUT2D eigenvalue weighted by Crippen LogP contribution is -1.97. The third-order valence-corrected chi connectivity index (χ3v) is 2.60. The van der Waals surface area contributed by atoms with E-state index in [-0.39, 0.29) is 0 Å². The molecule has 0 fully saturated rings. The molecule has 0 aliphatic carbocycles. The molecule has 2 nitrogen and oxygen atoms in total. The van der Waals surface area contributed by atoms with Crippen LogP contribution in [0.25, 0.3) is 10.9 Å². The van der Waals surface area contributed by atoms with E-state index in [1.807, 2.05) is 24.3 Å². The molecular formula is C11H12BrNO. The van der Waals surface area contributed by atoms with Crippen molar-refractivity contribution in [1.29, 1.82) is 0 Å². The van der Waals surface area contributed by atoms with E-state index in [9.17, 15) is 0 Å². The third kappa shape index (κ3) is 2.10. The van der Waals surface area contributed by atoms with E-state index in [1.165, 1.54) is 5.39 Å². The van der Waals surface area contributed by atoms with Crippen LogP contribution in [0.15, 0.2) is 30.3 Å². The molecule has 1 aromatic carbocycles. The summed E-state index contributed by atoms with van der Waals surface area (Å²) in [5, 5.41) is 2.18. The summed E-state index contributed by atoms with van der Waals surface area (Å²) in [6.45, 7) is 0.748. The number of halogens is 1. The van der Waals surface area contributed by atoms with E-state index in [2.05, 4.69) is 27.0 Å². The molecule has 2 rings (SSSR count). The highest BCUT2D eigenvalue weighted by atomic mass is 79.9. The second-order valence-corrected chi connectivity index (χ2v) is 3.90. The second-order valence-electron chi connectivity index (χ2n) is 3.11. The van der Waals surface area contributed by atoms with Crippen LogP contribution in [-0.4, -0.2) is 16.9 Å². The minimum absolute atomic E-state index is 0.748. The van der Waals surface area contributed by atoms with Crippen molar-refractivity contribution in [3.8, 4) is 5.88 Å². The highest BCUT2D eigenvalue weighted by Crippen LogP contribution is 2.19. The first-order valence-corrected chi connectivity index (χ1v) is 5.79. The van der Waals surface area contributed by atoms with Gasteiger partial charge in [-0.05, 0) is 12.5 Å². The monoisotopic (exact) mass is 253 g/mol. The van der Waals surface area contributed by atoms with E-state index < -0.39 is 0 Å². The number of aromatic amines is 1. The molecule has 14 heavy (non-hydrogen) atoms. The van der Waals surface area contributed by atoms with E-state index in [0.717, 1.165) is 29.8 Å². The second kappa shape index (κ2) is 4.51. The minimum Gasteiger partial charge on any atom is -0.479 e. The molecule has 74 valence electrons. The lowest BCUT2D eigenvalue weighted by molar-refractivity contribution is 0.309. The van der Waals surface area contributed by atoms with Crippen molar-refractivity contribution in [2.75, 3.05) is 11.9 Å². The Bertz CT molecular complexity index is 377. The van der Waals surface area contributed by atoms with Crippen LogP contribution >= 0.6 is 15.9 Å². The molecule has 0 bridgehead atoms. The number of hydrogen-bond donors (Lipinski definition) is 1. The quantitative estimate of drug-likeness (QED) is 0.657. The first-order valence-electron chi connectivity index (χ1n) is 4.66. The third-order valence-electron chi connectivity index (χ3n) is 2.04. The van der Waals surface area contributed by atoms with Crippen LogP contribution in [-0.2, 0) is 0 Å². The number of H-pyrrole nitrogens is 1. The molecule has 1 aromatic heterocycles. The van der Waals surface area contributed by atoms with Crippen molar-refractivity contribution in [2.45, 2.75) is 6.42 Å². The van der Waals surface area contributed by atoms with Gasteiger partial charge in [0, 0.05) is 22.3 Å². The summed E-state index contributed by atoms with van der Waals surface area (Å²) in [6.07, 6.45) is 1.02. The van der Waals surface area contributed by atoms with E-state index >= 15 is 0 Å². The minimum atomic E-state index is 0.748. The lowest BCUT2D eigenvalue weighted by atomic mass is 10.3. The van der Waals surface area contributed by atoms with Gasteiger partial charge in [-0.1, -0.05) is 34.1 Å². The Morgan fingerprint density at radius 3 is 2.93 bits per heavy atom. The lowest BCUT2D eigenvalue weighted by Gasteiger charge is -1.99. The van der Waals surface area contributed by atoms with Gasteiger partial charge in [0.15, 0.2) is 5.88 Å². The number of rotatable bonds is 4. The summed E-state index contributed by atoms with van der Waals surface area (Å²) in [6, 6.07) is 10.2. The van der Waals surface area contributed by atoms with Crippen LogP contribution in [0.2, 0.25) is 0 Å². The first kappa shape index (κ1) is 9.59. The summed E-state index contributed by atoms with van der Waals surface area (Å²) in [4.78, 5) is 3.22. The summed E-state index contributed by atoms with van der Waals surface area (Å²) >= 11 is 3.37. The molecule has 0 amide bonds. The molecule has 0 saturated heterocycles. The summed E-state index contributed by atoms with van der Waals surface area (Å²) in [7, 11) is 0. The highest BCUT2D eigenvalue weighted by molar-refractivity contribution is 9.09. The molecule has 0 saturated carbocycles. The Balaban J connectivity index is 2.11. The van der Waals surface area contributed by atoms with Crippen molar-refractivity contribution in [1.82, 2.24) is 4.98 Å². The Morgan fingerprint density at radius 1 is 1.29 bits per heavy atom. The Morgan fingerprint density at radius 2 is 2.14 bits per heavy atom. The van der Waals surface area contributed by atoms with Gasteiger partial charge in [0.05, 0.1) is 6.61 Å². The summed E-state index contributed by atoms with van der Waals surface area (Å²) in [5.74, 6) is 0.854. The van der Waals surface area contributed by atoms with E-state index in [4.69, 9.17) is 4.74 Å². The molecule has 3 heteroatoms. The van der Waals surface area contributed by atoms with E-state index in [1.54, 1.807) is 0 Å². The molecule has 0 unspecified atom stereocenters. The molecule has 0 aliphatic rings. The molecule has 0 aliphatic heterocycles. The van der Waals surface area contributed by atoms with Gasteiger partial charge in [0.2, 0.25) is 0 Å². The zero-order valence-electron chi connectivity index (χ0n) is 7.79. The van der Waals surface area contributed by atoms with Crippen molar-refractivity contribution in [2.24, 2.45) is 0 Å². The molecule has 1 heterocycles. The number of alkyl halides is 1. The Labute approximate surface area is 91.4 Å². The molecule has 0 atom stereocenters. The van der Waals surface area contributed by atoms with Gasteiger partial charge in [0.1, 0.15) is 0 Å². The predicted octanol–water partition coefficient (Wildman–Crippen LogP) is 3.33. The van der Waals surface area contributed by atoms with E-state index in [0.29, 0.717) is 0 Å². The zero-order valence-corrected chi connectivity index (χ0v) is 9.38. The topological polar surface area (TPSA) is 25.0 Å².